The molecule has 3 rings (SSSR count). The summed E-state index contributed by atoms with van der Waals surface area (Å²) in [6.07, 6.45) is 1.55. The average Bonchev–Trinajstić information content (AvgIpc) is 2.56. The number of carbonyl (C=O) groups excluding carboxylic acids is 1. The molecule has 3 heterocycles. The number of aryl methyl sites for hydroxylation is 1. The molecule has 8 heteroatoms. The second kappa shape index (κ2) is 6.19. The quantitative estimate of drug-likeness (QED) is 0.375. The van der Waals surface area contributed by atoms with Crippen LogP contribution in [-0.2, 0) is 4.74 Å². The molecular formula is C16H13IN4O3. The summed E-state index contributed by atoms with van der Waals surface area (Å²) in [5, 5.41) is 0.496. The van der Waals surface area contributed by atoms with Gasteiger partial charge in [-0.25, -0.2) is 9.78 Å². The highest BCUT2D eigenvalue weighted by molar-refractivity contribution is 14.1. The van der Waals surface area contributed by atoms with Gasteiger partial charge in [0.1, 0.15) is 9.26 Å². The van der Waals surface area contributed by atoms with Crippen molar-refractivity contribution in [2.24, 2.45) is 0 Å². The van der Waals surface area contributed by atoms with Crippen LogP contribution in [0.4, 0.5) is 5.69 Å². The first-order valence-electron chi connectivity index (χ1n) is 6.96. The number of halogens is 1. The van der Waals surface area contributed by atoms with Crippen molar-refractivity contribution in [2.75, 3.05) is 12.8 Å². The highest BCUT2D eigenvalue weighted by Gasteiger charge is 2.23. The van der Waals surface area contributed by atoms with Crippen LogP contribution in [0.2, 0.25) is 0 Å². The molecule has 7 nitrogen and oxygen atoms in total. The smallest absolute Gasteiger partial charge is 0.345 e. The van der Waals surface area contributed by atoms with Gasteiger partial charge in [-0.1, -0.05) is 0 Å². The predicted octanol–water partition coefficient (Wildman–Crippen LogP) is 2.06. The van der Waals surface area contributed by atoms with E-state index in [-0.39, 0.29) is 11.3 Å². The highest BCUT2D eigenvalue weighted by Crippen LogP contribution is 2.24. The van der Waals surface area contributed by atoms with Gasteiger partial charge in [0.15, 0.2) is 5.65 Å². The van der Waals surface area contributed by atoms with E-state index >= 15 is 0 Å². The number of hydrogen-bond donors (Lipinski definition) is 1. The van der Waals surface area contributed by atoms with Gasteiger partial charge < -0.3 is 10.5 Å². The van der Waals surface area contributed by atoms with Gasteiger partial charge in [0.2, 0.25) is 0 Å². The van der Waals surface area contributed by atoms with Crippen molar-refractivity contribution in [3.05, 3.63) is 55.8 Å². The maximum Gasteiger partial charge on any atom is 0.345 e. The summed E-state index contributed by atoms with van der Waals surface area (Å²) < 4.78 is 6.73. The Morgan fingerprint density at radius 1 is 1.29 bits per heavy atom. The number of aromatic nitrogens is 3. The zero-order valence-electron chi connectivity index (χ0n) is 12.9. The SMILES string of the molecule is COC(=O)c1c(N)c2ccc(I)nc2n(-c2ccc(C)nc2)c1=O. The molecule has 3 aromatic rings. The Labute approximate surface area is 150 Å². The molecule has 0 spiro atoms. The number of ether oxygens (including phenoxy) is 1. The van der Waals surface area contributed by atoms with Crippen LogP contribution in [0.1, 0.15) is 16.1 Å². The fourth-order valence-electron chi connectivity index (χ4n) is 2.39. The number of esters is 1. The maximum absolute atomic E-state index is 12.9. The van der Waals surface area contributed by atoms with Crippen LogP contribution in [0, 0.1) is 10.6 Å². The average molecular weight is 436 g/mol. The molecule has 0 bridgehead atoms. The number of pyridine rings is 3. The largest absolute Gasteiger partial charge is 0.465 e. The minimum Gasteiger partial charge on any atom is -0.465 e. The number of carbonyl (C=O) groups is 1. The van der Waals surface area contributed by atoms with Gasteiger partial charge in [-0.2, -0.15) is 0 Å². The number of nitrogens with zero attached hydrogens (tertiary/aromatic N) is 3. The predicted molar refractivity (Wildman–Crippen MR) is 98.3 cm³/mol. The second-order valence-electron chi connectivity index (χ2n) is 5.08. The molecule has 0 radical (unpaired) electrons. The van der Waals surface area contributed by atoms with E-state index in [0.29, 0.717) is 20.4 Å². The van der Waals surface area contributed by atoms with E-state index in [1.807, 2.05) is 29.5 Å². The molecule has 0 fully saturated rings. The lowest BCUT2D eigenvalue weighted by molar-refractivity contribution is 0.0600. The molecule has 0 atom stereocenters. The molecule has 122 valence electrons. The van der Waals surface area contributed by atoms with E-state index in [2.05, 4.69) is 9.97 Å². The molecule has 0 aliphatic rings. The van der Waals surface area contributed by atoms with Gasteiger partial charge in [0, 0.05) is 11.1 Å². The second-order valence-corrected chi connectivity index (χ2v) is 6.19. The Balaban J connectivity index is 2.50. The molecule has 0 aromatic carbocycles. The van der Waals surface area contributed by atoms with E-state index in [0.717, 1.165) is 5.69 Å². The highest BCUT2D eigenvalue weighted by atomic mass is 127. The summed E-state index contributed by atoms with van der Waals surface area (Å²) in [5.41, 5.74) is 6.96. The Kier molecular flexibility index (Phi) is 4.22. The minimum atomic E-state index is -0.785. The Morgan fingerprint density at radius 3 is 2.67 bits per heavy atom. The van der Waals surface area contributed by atoms with Crippen molar-refractivity contribution < 1.29 is 9.53 Å². The number of nitrogens with two attached hydrogens (primary N) is 1. The Hall–Kier alpha value is -2.49. The zero-order valence-corrected chi connectivity index (χ0v) is 15.1. The van der Waals surface area contributed by atoms with Crippen molar-refractivity contribution >= 4 is 45.3 Å². The first-order chi connectivity index (χ1) is 11.4. The summed E-state index contributed by atoms with van der Waals surface area (Å²) >= 11 is 2.05. The Bertz CT molecular complexity index is 1010. The number of methoxy groups -OCH3 is 1. The molecule has 0 aliphatic heterocycles. The fraction of sp³-hybridized carbons (Fsp3) is 0.125. The van der Waals surface area contributed by atoms with Crippen molar-refractivity contribution in [1.29, 1.82) is 0 Å². The summed E-state index contributed by atoms with van der Waals surface area (Å²) in [4.78, 5) is 33.6. The number of hydrogen-bond acceptors (Lipinski definition) is 6. The fourth-order valence-corrected chi connectivity index (χ4v) is 2.80. The van der Waals surface area contributed by atoms with Gasteiger partial charge in [0.25, 0.3) is 5.56 Å². The molecule has 0 unspecified atom stereocenters. The first kappa shape index (κ1) is 16.4. The van der Waals surface area contributed by atoms with Gasteiger partial charge in [0.05, 0.1) is 24.7 Å². The standard InChI is InChI=1S/C16H13IN4O3/c1-8-3-4-9(7-19-8)21-14-10(5-6-11(17)20-14)13(18)12(15(21)22)16(23)24-2/h3-7H,18H2,1-2H3. The third-order valence-corrected chi connectivity index (χ3v) is 4.17. The molecule has 0 aliphatic carbocycles. The monoisotopic (exact) mass is 436 g/mol. The molecular weight excluding hydrogens is 423 g/mol. The molecule has 0 saturated heterocycles. The third-order valence-electron chi connectivity index (χ3n) is 3.57. The number of rotatable bonds is 2. The van der Waals surface area contributed by atoms with Gasteiger partial charge in [-0.15, -0.1) is 0 Å². The molecule has 0 saturated carbocycles. The van der Waals surface area contributed by atoms with E-state index < -0.39 is 11.5 Å². The van der Waals surface area contributed by atoms with Gasteiger partial charge in [-0.3, -0.25) is 14.3 Å². The summed E-state index contributed by atoms with van der Waals surface area (Å²) in [6, 6.07) is 6.99. The van der Waals surface area contributed by atoms with Gasteiger partial charge in [-0.05, 0) is 53.8 Å². The van der Waals surface area contributed by atoms with E-state index in [1.165, 1.54) is 11.7 Å². The lowest BCUT2D eigenvalue weighted by Crippen LogP contribution is -2.28. The van der Waals surface area contributed by atoms with Crippen molar-refractivity contribution in [3.63, 3.8) is 0 Å². The molecule has 2 N–H and O–H groups in total. The van der Waals surface area contributed by atoms with E-state index in [1.54, 1.807) is 30.5 Å². The van der Waals surface area contributed by atoms with E-state index in [9.17, 15) is 9.59 Å². The van der Waals surface area contributed by atoms with Crippen LogP contribution in [0.15, 0.2) is 35.3 Å². The molecule has 3 aromatic heterocycles. The third kappa shape index (κ3) is 2.62. The van der Waals surface area contributed by atoms with Crippen LogP contribution in [0.3, 0.4) is 0 Å². The molecule has 24 heavy (non-hydrogen) atoms. The number of fused-ring (bicyclic) bond motifs is 1. The van der Waals surface area contributed by atoms with Crippen LogP contribution in [0.5, 0.6) is 0 Å². The van der Waals surface area contributed by atoms with Crippen molar-refractivity contribution in [3.8, 4) is 5.69 Å². The lowest BCUT2D eigenvalue weighted by atomic mass is 10.1. The summed E-state index contributed by atoms with van der Waals surface area (Å²) in [7, 11) is 1.20. The van der Waals surface area contributed by atoms with Crippen LogP contribution in [0.25, 0.3) is 16.7 Å². The van der Waals surface area contributed by atoms with Crippen molar-refractivity contribution in [1.82, 2.24) is 14.5 Å². The van der Waals surface area contributed by atoms with Crippen molar-refractivity contribution in [2.45, 2.75) is 6.92 Å². The zero-order chi connectivity index (χ0) is 17.4. The van der Waals surface area contributed by atoms with E-state index in [4.69, 9.17) is 10.5 Å². The summed E-state index contributed by atoms with van der Waals surface area (Å²) in [6.45, 7) is 1.84. The summed E-state index contributed by atoms with van der Waals surface area (Å²) in [5.74, 6) is -0.785. The minimum absolute atomic E-state index is 0.0575. The van der Waals surface area contributed by atoms with Crippen LogP contribution >= 0.6 is 22.6 Å². The number of nitrogen functional groups attached to an aromatic ring is 1. The lowest BCUT2D eigenvalue weighted by Gasteiger charge is -2.14. The van der Waals surface area contributed by atoms with Crippen LogP contribution in [-0.4, -0.2) is 27.6 Å². The Morgan fingerprint density at radius 2 is 2.04 bits per heavy atom. The first-order valence-corrected chi connectivity index (χ1v) is 8.04. The molecule has 0 amide bonds. The topological polar surface area (TPSA) is 100 Å². The maximum atomic E-state index is 12.9. The normalized spacial score (nSPS) is 10.8. The van der Waals surface area contributed by atoms with Crippen LogP contribution < -0.4 is 11.3 Å². The van der Waals surface area contributed by atoms with Gasteiger partial charge >= 0.3 is 5.97 Å². The number of anilines is 1.